The van der Waals surface area contributed by atoms with Crippen LogP contribution in [0.1, 0.15) is 16.1 Å². The van der Waals surface area contributed by atoms with Crippen LogP contribution >= 0.6 is 0 Å². The van der Waals surface area contributed by atoms with Crippen molar-refractivity contribution in [3.63, 3.8) is 0 Å². The summed E-state index contributed by atoms with van der Waals surface area (Å²) >= 11 is 0. The molecule has 0 radical (unpaired) electrons. The molecule has 2 aromatic heterocycles. The van der Waals surface area contributed by atoms with E-state index in [2.05, 4.69) is 20.6 Å². The van der Waals surface area contributed by atoms with Gasteiger partial charge in [0.1, 0.15) is 0 Å². The number of carbonyl (C=O) groups is 1. The van der Waals surface area contributed by atoms with Crippen molar-refractivity contribution in [2.75, 3.05) is 10.6 Å². The standard InChI is InChI=1S/C18H16N4O/c23-18(22-15-6-2-1-3-7-15)14-10-17(12-19-11-14)21-13-16-8-4-5-9-20-16/h1-12,21H,13H2,(H,22,23). The molecule has 0 fully saturated rings. The fraction of sp³-hybridized carbons (Fsp3) is 0.0556. The SMILES string of the molecule is O=C(Nc1ccccc1)c1cncc(NCc2ccccn2)c1. The number of benzene rings is 1. The van der Waals surface area contributed by atoms with Gasteiger partial charge < -0.3 is 10.6 Å². The summed E-state index contributed by atoms with van der Waals surface area (Å²) in [6.45, 7) is 0.576. The Hall–Kier alpha value is -3.21. The lowest BCUT2D eigenvalue weighted by Gasteiger charge is -2.08. The highest BCUT2D eigenvalue weighted by atomic mass is 16.1. The molecule has 0 aliphatic carbocycles. The number of anilines is 2. The molecule has 1 aromatic carbocycles. The molecule has 114 valence electrons. The van der Waals surface area contributed by atoms with Gasteiger partial charge in [0.25, 0.3) is 5.91 Å². The predicted octanol–water partition coefficient (Wildman–Crippen LogP) is 3.34. The van der Waals surface area contributed by atoms with E-state index in [-0.39, 0.29) is 5.91 Å². The van der Waals surface area contributed by atoms with Crippen LogP contribution in [0.2, 0.25) is 0 Å². The first-order valence-electron chi connectivity index (χ1n) is 7.26. The number of aromatic nitrogens is 2. The highest BCUT2D eigenvalue weighted by molar-refractivity contribution is 6.04. The molecule has 2 heterocycles. The van der Waals surface area contributed by atoms with Crippen molar-refractivity contribution in [2.24, 2.45) is 0 Å². The summed E-state index contributed by atoms with van der Waals surface area (Å²) in [5, 5.41) is 6.06. The van der Waals surface area contributed by atoms with E-state index < -0.39 is 0 Å². The van der Waals surface area contributed by atoms with Gasteiger partial charge in [-0.25, -0.2) is 0 Å². The molecule has 23 heavy (non-hydrogen) atoms. The minimum Gasteiger partial charge on any atom is -0.378 e. The second-order valence-corrected chi connectivity index (χ2v) is 4.96. The van der Waals surface area contributed by atoms with Crippen molar-refractivity contribution < 1.29 is 4.79 Å². The number of hydrogen-bond donors (Lipinski definition) is 2. The van der Waals surface area contributed by atoms with E-state index in [4.69, 9.17) is 0 Å². The van der Waals surface area contributed by atoms with Gasteiger partial charge in [0.2, 0.25) is 0 Å². The molecule has 3 rings (SSSR count). The van der Waals surface area contributed by atoms with E-state index in [1.807, 2.05) is 48.5 Å². The van der Waals surface area contributed by atoms with Gasteiger partial charge >= 0.3 is 0 Å². The number of nitrogens with one attached hydrogen (secondary N) is 2. The summed E-state index contributed by atoms with van der Waals surface area (Å²) in [5.41, 5.74) is 2.95. The van der Waals surface area contributed by atoms with Crippen molar-refractivity contribution in [3.05, 3.63) is 84.4 Å². The summed E-state index contributed by atoms with van der Waals surface area (Å²) in [5.74, 6) is -0.190. The molecular weight excluding hydrogens is 288 g/mol. The molecule has 0 bridgehead atoms. The number of pyridine rings is 2. The van der Waals surface area contributed by atoms with Crippen LogP contribution in [0.3, 0.4) is 0 Å². The van der Waals surface area contributed by atoms with Gasteiger partial charge in [0.15, 0.2) is 0 Å². The molecule has 0 spiro atoms. The van der Waals surface area contributed by atoms with Crippen LogP contribution in [-0.4, -0.2) is 15.9 Å². The van der Waals surface area contributed by atoms with E-state index in [0.717, 1.165) is 17.1 Å². The van der Waals surface area contributed by atoms with Gasteiger partial charge in [0, 0.05) is 24.3 Å². The van der Waals surface area contributed by atoms with Crippen molar-refractivity contribution in [2.45, 2.75) is 6.54 Å². The van der Waals surface area contributed by atoms with Crippen LogP contribution in [0, 0.1) is 0 Å². The van der Waals surface area contributed by atoms with Crippen LogP contribution in [0.15, 0.2) is 73.2 Å². The fourth-order valence-corrected chi connectivity index (χ4v) is 2.08. The minimum absolute atomic E-state index is 0.190. The molecule has 0 saturated heterocycles. The number of carbonyl (C=O) groups excluding carboxylic acids is 1. The third-order valence-corrected chi connectivity index (χ3v) is 3.23. The van der Waals surface area contributed by atoms with E-state index in [1.54, 1.807) is 24.7 Å². The lowest BCUT2D eigenvalue weighted by molar-refractivity contribution is 0.102. The van der Waals surface area contributed by atoms with E-state index in [0.29, 0.717) is 12.1 Å². The molecule has 0 aliphatic heterocycles. The first-order valence-corrected chi connectivity index (χ1v) is 7.26. The number of rotatable bonds is 5. The number of amides is 1. The second-order valence-electron chi connectivity index (χ2n) is 4.96. The van der Waals surface area contributed by atoms with E-state index in [9.17, 15) is 4.79 Å². The van der Waals surface area contributed by atoms with Crippen LogP contribution in [0.5, 0.6) is 0 Å². The Kier molecular flexibility index (Phi) is 4.59. The average Bonchev–Trinajstić information content (AvgIpc) is 2.62. The molecule has 0 atom stereocenters. The summed E-state index contributed by atoms with van der Waals surface area (Å²) in [4.78, 5) is 20.6. The third kappa shape index (κ3) is 4.14. The van der Waals surface area contributed by atoms with Crippen LogP contribution in [-0.2, 0) is 6.54 Å². The number of nitrogens with zero attached hydrogens (tertiary/aromatic N) is 2. The summed E-state index contributed by atoms with van der Waals surface area (Å²) in [7, 11) is 0. The van der Waals surface area contributed by atoms with Gasteiger partial charge in [-0.3, -0.25) is 14.8 Å². The zero-order valence-corrected chi connectivity index (χ0v) is 12.4. The van der Waals surface area contributed by atoms with Gasteiger partial charge in [-0.2, -0.15) is 0 Å². The van der Waals surface area contributed by atoms with Crippen molar-refractivity contribution in [1.29, 1.82) is 0 Å². The van der Waals surface area contributed by atoms with Crippen LogP contribution < -0.4 is 10.6 Å². The Morgan fingerprint density at radius 2 is 1.78 bits per heavy atom. The maximum atomic E-state index is 12.2. The van der Waals surface area contributed by atoms with Gasteiger partial charge in [-0.1, -0.05) is 24.3 Å². The molecule has 1 amide bonds. The molecule has 3 aromatic rings. The first-order chi connectivity index (χ1) is 11.3. The van der Waals surface area contributed by atoms with Crippen molar-refractivity contribution in [3.8, 4) is 0 Å². The lowest BCUT2D eigenvalue weighted by atomic mass is 10.2. The quantitative estimate of drug-likeness (QED) is 0.758. The zero-order valence-electron chi connectivity index (χ0n) is 12.4. The molecule has 2 N–H and O–H groups in total. The van der Waals surface area contributed by atoms with E-state index >= 15 is 0 Å². The Balaban J connectivity index is 1.66. The fourth-order valence-electron chi connectivity index (χ4n) is 2.08. The minimum atomic E-state index is -0.190. The summed E-state index contributed by atoms with van der Waals surface area (Å²) in [6.07, 6.45) is 4.98. The predicted molar refractivity (Wildman–Crippen MR) is 90.2 cm³/mol. The second kappa shape index (κ2) is 7.17. The average molecular weight is 304 g/mol. The summed E-state index contributed by atoms with van der Waals surface area (Å²) in [6, 6.07) is 16.9. The number of hydrogen-bond acceptors (Lipinski definition) is 4. The van der Waals surface area contributed by atoms with Gasteiger partial charge in [-0.05, 0) is 30.3 Å². The third-order valence-electron chi connectivity index (χ3n) is 3.23. The molecule has 5 heteroatoms. The highest BCUT2D eigenvalue weighted by Crippen LogP contribution is 2.12. The maximum absolute atomic E-state index is 12.2. The van der Waals surface area contributed by atoms with Crippen molar-refractivity contribution in [1.82, 2.24) is 9.97 Å². The smallest absolute Gasteiger partial charge is 0.257 e. The van der Waals surface area contributed by atoms with Gasteiger partial charge in [0.05, 0.1) is 23.5 Å². The molecule has 5 nitrogen and oxygen atoms in total. The van der Waals surface area contributed by atoms with Crippen LogP contribution in [0.25, 0.3) is 0 Å². The monoisotopic (exact) mass is 304 g/mol. The lowest BCUT2D eigenvalue weighted by Crippen LogP contribution is -2.12. The van der Waals surface area contributed by atoms with Crippen molar-refractivity contribution >= 4 is 17.3 Å². The Labute approximate surface area is 134 Å². The Morgan fingerprint density at radius 3 is 2.57 bits per heavy atom. The first kappa shape index (κ1) is 14.7. The Morgan fingerprint density at radius 1 is 0.957 bits per heavy atom. The molecule has 0 saturated carbocycles. The summed E-state index contributed by atoms with van der Waals surface area (Å²) < 4.78 is 0. The largest absolute Gasteiger partial charge is 0.378 e. The molecular formula is C18H16N4O. The molecule has 0 aliphatic rings. The molecule has 0 unspecified atom stereocenters. The van der Waals surface area contributed by atoms with E-state index in [1.165, 1.54) is 0 Å². The number of para-hydroxylation sites is 1. The highest BCUT2D eigenvalue weighted by Gasteiger charge is 2.07. The maximum Gasteiger partial charge on any atom is 0.257 e. The van der Waals surface area contributed by atoms with Gasteiger partial charge in [-0.15, -0.1) is 0 Å². The normalized spacial score (nSPS) is 10.1. The Bertz CT molecular complexity index is 775. The zero-order chi connectivity index (χ0) is 15.9. The topological polar surface area (TPSA) is 66.9 Å². The van der Waals surface area contributed by atoms with Crippen LogP contribution in [0.4, 0.5) is 11.4 Å².